The van der Waals surface area contributed by atoms with Crippen molar-refractivity contribution in [3.63, 3.8) is 0 Å². The zero-order valence-corrected chi connectivity index (χ0v) is 11.1. The minimum Gasteiger partial charge on any atom is -0.409 e. The minimum atomic E-state index is -0.671. The molecule has 0 aliphatic carbocycles. The van der Waals surface area contributed by atoms with E-state index in [1.54, 1.807) is 0 Å². The van der Waals surface area contributed by atoms with Crippen LogP contribution in [0.1, 0.15) is 20.3 Å². The van der Waals surface area contributed by atoms with Gasteiger partial charge in [0, 0.05) is 12.6 Å². The summed E-state index contributed by atoms with van der Waals surface area (Å²) in [6.45, 7) is 4.51. The van der Waals surface area contributed by atoms with Crippen molar-refractivity contribution < 1.29 is 19.5 Å². The highest BCUT2D eigenvalue weighted by Crippen LogP contribution is 2.09. The van der Waals surface area contributed by atoms with Gasteiger partial charge in [-0.15, -0.1) is 0 Å². The average molecular weight is 272 g/mol. The van der Waals surface area contributed by atoms with Gasteiger partial charge in [0.05, 0.1) is 19.6 Å². The summed E-state index contributed by atoms with van der Waals surface area (Å²) < 4.78 is 5.23. The third-order valence-electron chi connectivity index (χ3n) is 2.64. The highest BCUT2D eigenvalue weighted by Gasteiger charge is 2.33. The van der Waals surface area contributed by atoms with Gasteiger partial charge in [0.15, 0.2) is 0 Å². The average Bonchev–Trinajstić information content (AvgIpc) is 2.37. The van der Waals surface area contributed by atoms with Crippen LogP contribution in [0, 0.1) is 0 Å². The molecule has 1 unspecified atom stereocenters. The van der Waals surface area contributed by atoms with Gasteiger partial charge in [-0.3, -0.25) is 9.59 Å². The molecule has 0 spiro atoms. The molecule has 0 aromatic rings. The van der Waals surface area contributed by atoms with Crippen LogP contribution in [0.2, 0.25) is 0 Å². The zero-order chi connectivity index (χ0) is 14.4. The summed E-state index contributed by atoms with van der Waals surface area (Å²) in [7, 11) is 0. The summed E-state index contributed by atoms with van der Waals surface area (Å²) in [5.41, 5.74) is 5.30. The Morgan fingerprint density at radius 2 is 2.26 bits per heavy atom. The smallest absolute Gasteiger partial charge is 0.245 e. The number of amidine groups is 1. The molecule has 0 radical (unpaired) electrons. The molecule has 1 fully saturated rings. The maximum atomic E-state index is 12.0. The molecule has 108 valence electrons. The summed E-state index contributed by atoms with van der Waals surface area (Å²) >= 11 is 0. The Balaban J connectivity index is 2.71. The molecule has 0 bridgehead atoms. The first-order valence-corrected chi connectivity index (χ1v) is 6.09. The number of amides is 2. The Morgan fingerprint density at radius 1 is 1.58 bits per heavy atom. The van der Waals surface area contributed by atoms with Crippen LogP contribution < -0.4 is 11.1 Å². The van der Waals surface area contributed by atoms with Crippen molar-refractivity contribution in [2.45, 2.75) is 32.4 Å². The SMILES string of the molecule is CC(C)NC(=O)C1COCCN1C(=O)CC(N)=NO. The summed E-state index contributed by atoms with van der Waals surface area (Å²) in [6.07, 6.45) is -0.220. The van der Waals surface area contributed by atoms with Crippen LogP contribution in [0.5, 0.6) is 0 Å². The van der Waals surface area contributed by atoms with Crippen LogP contribution in [0.25, 0.3) is 0 Å². The fourth-order valence-corrected chi connectivity index (χ4v) is 1.79. The van der Waals surface area contributed by atoms with Crippen LogP contribution >= 0.6 is 0 Å². The van der Waals surface area contributed by atoms with Crippen molar-refractivity contribution >= 4 is 17.6 Å². The number of hydrogen-bond donors (Lipinski definition) is 3. The van der Waals surface area contributed by atoms with E-state index in [0.29, 0.717) is 13.2 Å². The lowest BCUT2D eigenvalue weighted by Gasteiger charge is -2.34. The highest BCUT2D eigenvalue weighted by atomic mass is 16.5. The van der Waals surface area contributed by atoms with Gasteiger partial charge in [0.25, 0.3) is 0 Å². The molecule has 0 saturated carbocycles. The van der Waals surface area contributed by atoms with E-state index in [-0.39, 0.29) is 36.7 Å². The number of nitrogens with one attached hydrogen (secondary N) is 1. The van der Waals surface area contributed by atoms with E-state index in [1.807, 2.05) is 13.8 Å². The Kier molecular flexibility index (Phi) is 5.56. The van der Waals surface area contributed by atoms with Crippen molar-refractivity contribution in [1.82, 2.24) is 10.2 Å². The van der Waals surface area contributed by atoms with Gasteiger partial charge in [-0.05, 0) is 13.8 Å². The van der Waals surface area contributed by atoms with Crippen LogP contribution in [0.4, 0.5) is 0 Å². The van der Waals surface area contributed by atoms with Crippen molar-refractivity contribution in [3.8, 4) is 0 Å². The topological polar surface area (TPSA) is 117 Å². The zero-order valence-electron chi connectivity index (χ0n) is 11.1. The van der Waals surface area contributed by atoms with E-state index in [2.05, 4.69) is 10.5 Å². The number of oxime groups is 1. The molecule has 19 heavy (non-hydrogen) atoms. The van der Waals surface area contributed by atoms with E-state index >= 15 is 0 Å². The van der Waals surface area contributed by atoms with Gasteiger partial charge in [-0.25, -0.2) is 0 Å². The maximum absolute atomic E-state index is 12.0. The predicted molar refractivity (Wildman–Crippen MR) is 67.6 cm³/mol. The van der Waals surface area contributed by atoms with Crippen molar-refractivity contribution in [1.29, 1.82) is 0 Å². The van der Waals surface area contributed by atoms with Gasteiger partial charge in [-0.1, -0.05) is 5.16 Å². The van der Waals surface area contributed by atoms with Crippen molar-refractivity contribution in [2.24, 2.45) is 10.9 Å². The van der Waals surface area contributed by atoms with Gasteiger partial charge in [-0.2, -0.15) is 0 Å². The second kappa shape index (κ2) is 6.93. The quantitative estimate of drug-likeness (QED) is 0.259. The van der Waals surface area contributed by atoms with Crippen LogP contribution in [0.15, 0.2) is 5.16 Å². The van der Waals surface area contributed by atoms with E-state index in [4.69, 9.17) is 15.7 Å². The number of hydrogen-bond acceptors (Lipinski definition) is 5. The number of carbonyl (C=O) groups excluding carboxylic acids is 2. The van der Waals surface area contributed by atoms with E-state index in [1.165, 1.54) is 4.90 Å². The largest absolute Gasteiger partial charge is 0.409 e. The highest BCUT2D eigenvalue weighted by molar-refractivity contribution is 6.00. The minimum absolute atomic E-state index is 0.0181. The summed E-state index contributed by atoms with van der Waals surface area (Å²) in [5, 5.41) is 14.0. The van der Waals surface area contributed by atoms with E-state index in [9.17, 15) is 9.59 Å². The van der Waals surface area contributed by atoms with Crippen LogP contribution in [-0.4, -0.2) is 59.6 Å². The molecule has 1 heterocycles. The monoisotopic (exact) mass is 272 g/mol. The fourth-order valence-electron chi connectivity index (χ4n) is 1.79. The Bertz CT molecular complexity index is 370. The molecule has 1 aliphatic rings. The molecular formula is C11H20N4O4. The maximum Gasteiger partial charge on any atom is 0.245 e. The predicted octanol–water partition coefficient (Wildman–Crippen LogP) is -1.13. The summed E-state index contributed by atoms with van der Waals surface area (Å²) in [4.78, 5) is 25.4. The number of ether oxygens (including phenoxy) is 1. The molecule has 0 aromatic carbocycles. The Morgan fingerprint density at radius 3 is 2.84 bits per heavy atom. The number of morpholine rings is 1. The molecule has 8 nitrogen and oxygen atoms in total. The van der Waals surface area contributed by atoms with Gasteiger partial charge < -0.3 is 25.9 Å². The number of rotatable bonds is 4. The van der Waals surface area contributed by atoms with Crippen LogP contribution in [-0.2, 0) is 14.3 Å². The Hall–Kier alpha value is -1.83. The number of nitrogens with two attached hydrogens (primary N) is 1. The molecule has 1 atom stereocenters. The lowest BCUT2D eigenvalue weighted by molar-refractivity contribution is -0.147. The lowest BCUT2D eigenvalue weighted by atomic mass is 10.1. The first kappa shape index (κ1) is 15.2. The van der Waals surface area contributed by atoms with Gasteiger partial charge in [0.1, 0.15) is 11.9 Å². The molecule has 1 aliphatic heterocycles. The molecule has 1 saturated heterocycles. The van der Waals surface area contributed by atoms with E-state index < -0.39 is 6.04 Å². The third-order valence-corrected chi connectivity index (χ3v) is 2.64. The number of carbonyl (C=O) groups is 2. The fraction of sp³-hybridized carbons (Fsp3) is 0.727. The van der Waals surface area contributed by atoms with Crippen LogP contribution in [0.3, 0.4) is 0 Å². The second-order valence-corrected chi connectivity index (χ2v) is 4.61. The first-order valence-electron chi connectivity index (χ1n) is 6.09. The second-order valence-electron chi connectivity index (χ2n) is 4.61. The Labute approximate surface area is 111 Å². The molecule has 0 aromatic heterocycles. The number of nitrogens with zero attached hydrogens (tertiary/aromatic N) is 2. The van der Waals surface area contributed by atoms with E-state index in [0.717, 1.165) is 0 Å². The molecule has 2 amide bonds. The standard InChI is InChI=1S/C11H20N4O4/c1-7(2)13-11(17)8-6-19-4-3-15(8)10(16)5-9(12)14-18/h7-8,18H,3-6H2,1-2H3,(H2,12,14)(H,13,17). The molecular weight excluding hydrogens is 252 g/mol. The van der Waals surface area contributed by atoms with Crippen molar-refractivity contribution in [3.05, 3.63) is 0 Å². The lowest BCUT2D eigenvalue weighted by Crippen LogP contribution is -2.57. The van der Waals surface area contributed by atoms with Gasteiger partial charge >= 0.3 is 0 Å². The van der Waals surface area contributed by atoms with Gasteiger partial charge in [0.2, 0.25) is 11.8 Å². The summed E-state index contributed by atoms with van der Waals surface area (Å²) in [6, 6.07) is -0.689. The summed E-state index contributed by atoms with van der Waals surface area (Å²) in [5.74, 6) is -0.801. The normalized spacial score (nSPS) is 20.5. The third kappa shape index (κ3) is 4.40. The first-order chi connectivity index (χ1) is 8.95. The van der Waals surface area contributed by atoms with Crippen molar-refractivity contribution in [2.75, 3.05) is 19.8 Å². The molecule has 1 rings (SSSR count). The molecule has 4 N–H and O–H groups in total. The molecule has 8 heteroatoms.